The Hall–Kier alpha value is -1.51. The predicted molar refractivity (Wildman–Crippen MR) is 92.1 cm³/mol. The number of hydrogen-bond acceptors (Lipinski definition) is 5. The molecule has 23 heavy (non-hydrogen) atoms. The first-order valence-corrected chi connectivity index (χ1v) is 10.1. The number of benzene rings is 1. The van der Waals surface area contributed by atoms with E-state index in [0.717, 1.165) is 10.2 Å². The molecule has 8 heteroatoms. The number of nitrogens with one attached hydrogen (secondary N) is 1. The van der Waals surface area contributed by atoms with Crippen LogP contribution in [0.1, 0.15) is 26.2 Å². The Labute approximate surface area is 139 Å². The molecule has 1 aromatic heterocycles. The standard InChI is InChI=1S/C15H19N3O3S2/c1-2-10-23(20,21)18-9-5-7-12(18)14(19)17-15-16-11-6-3-4-8-13(11)22-15/h3-4,6,8,12H,2,5,7,9-10H2,1H3,(H,16,17,19)/t12-/m0/s1. The highest BCUT2D eigenvalue weighted by Crippen LogP contribution is 2.27. The number of hydrogen-bond donors (Lipinski definition) is 1. The second kappa shape index (κ2) is 6.54. The summed E-state index contributed by atoms with van der Waals surface area (Å²) >= 11 is 1.39. The van der Waals surface area contributed by atoms with Crippen molar-refractivity contribution in [2.45, 2.75) is 32.2 Å². The van der Waals surface area contributed by atoms with Gasteiger partial charge in [0.25, 0.3) is 0 Å². The third kappa shape index (κ3) is 3.39. The summed E-state index contributed by atoms with van der Waals surface area (Å²) in [6.07, 6.45) is 1.81. The maximum Gasteiger partial charge on any atom is 0.244 e. The van der Waals surface area contributed by atoms with Crippen LogP contribution < -0.4 is 5.32 Å². The fourth-order valence-corrected chi connectivity index (χ4v) is 5.44. The van der Waals surface area contributed by atoms with Crippen LogP contribution in [0.3, 0.4) is 0 Å². The Morgan fingerprint density at radius 1 is 1.43 bits per heavy atom. The summed E-state index contributed by atoms with van der Waals surface area (Å²) in [6.45, 7) is 2.24. The van der Waals surface area contributed by atoms with Crippen molar-refractivity contribution >= 4 is 42.6 Å². The maximum absolute atomic E-state index is 12.5. The zero-order chi connectivity index (χ0) is 16.4. The third-order valence-corrected chi connectivity index (χ3v) is 6.88. The van der Waals surface area contributed by atoms with Crippen molar-refractivity contribution in [1.82, 2.24) is 9.29 Å². The number of aromatic nitrogens is 1. The molecule has 0 bridgehead atoms. The molecule has 1 aliphatic heterocycles. The number of fused-ring (bicyclic) bond motifs is 1. The molecule has 124 valence electrons. The van der Waals surface area contributed by atoms with E-state index >= 15 is 0 Å². The first-order valence-electron chi connectivity index (χ1n) is 7.67. The Morgan fingerprint density at radius 2 is 2.22 bits per heavy atom. The maximum atomic E-state index is 12.5. The Morgan fingerprint density at radius 3 is 2.96 bits per heavy atom. The van der Waals surface area contributed by atoms with E-state index < -0.39 is 16.1 Å². The van der Waals surface area contributed by atoms with Gasteiger partial charge >= 0.3 is 0 Å². The fourth-order valence-electron chi connectivity index (χ4n) is 2.82. The normalized spacial score (nSPS) is 19.3. The minimum Gasteiger partial charge on any atom is -0.301 e. The number of amides is 1. The van der Waals surface area contributed by atoms with Gasteiger partial charge in [0.15, 0.2) is 5.13 Å². The first-order chi connectivity index (χ1) is 11.0. The van der Waals surface area contributed by atoms with Crippen molar-refractivity contribution in [2.75, 3.05) is 17.6 Å². The van der Waals surface area contributed by atoms with Gasteiger partial charge in [-0.05, 0) is 31.4 Å². The van der Waals surface area contributed by atoms with Crippen molar-refractivity contribution in [1.29, 1.82) is 0 Å². The average molecular weight is 353 g/mol. The van der Waals surface area contributed by atoms with Crippen LogP contribution in [0.2, 0.25) is 0 Å². The molecule has 0 unspecified atom stereocenters. The molecule has 6 nitrogen and oxygen atoms in total. The van der Waals surface area contributed by atoms with Gasteiger partial charge in [-0.1, -0.05) is 30.4 Å². The molecule has 1 aliphatic rings. The zero-order valence-electron chi connectivity index (χ0n) is 12.9. The van der Waals surface area contributed by atoms with Crippen molar-refractivity contribution in [2.24, 2.45) is 0 Å². The molecule has 2 heterocycles. The highest BCUT2D eigenvalue weighted by Gasteiger charge is 2.38. The lowest BCUT2D eigenvalue weighted by Gasteiger charge is -2.22. The van der Waals surface area contributed by atoms with Crippen LogP contribution in [0, 0.1) is 0 Å². The highest BCUT2D eigenvalue weighted by molar-refractivity contribution is 7.89. The zero-order valence-corrected chi connectivity index (χ0v) is 14.5. The van der Waals surface area contributed by atoms with Crippen molar-refractivity contribution in [3.63, 3.8) is 0 Å². The number of para-hydroxylation sites is 1. The van der Waals surface area contributed by atoms with E-state index in [1.54, 1.807) is 0 Å². The Bertz CT molecular complexity index is 783. The van der Waals surface area contributed by atoms with E-state index in [0.29, 0.717) is 30.9 Å². The van der Waals surface area contributed by atoms with Crippen molar-refractivity contribution in [3.05, 3.63) is 24.3 Å². The SMILES string of the molecule is CCCS(=O)(=O)N1CCC[C@H]1C(=O)Nc1nc2ccccc2s1. The number of anilines is 1. The molecule has 1 atom stereocenters. The van der Waals surface area contributed by atoms with Crippen LogP contribution in [-0.4, -0.2) is 42.0 Å². The molecule has 0 aliphatic carbocycles. The molecule has 1 amide bonds. The van der Waals surface area contributed by atoms with Gasteiger partial charge in [-0.15, -0.1) is 0 Å². The number of thiazole rings is 1. The van der Waals surface area contributed by atoms with E-state index in [-0.39, 0.29) is 11.7 Å². The minimum absolute atomic E-state index is 0.0813. The summed E-state index contributed by atoms with van der Waals surface area (Å²) in [6, 6.07) is 7.01. The Balaban J connectivity index is 1.76. The van der Waals surface area contributed by atoms with Gasteiger partial charge in [-0.25, -0.2) is 13.4 Å². The molecule has 1 fully saturated rings. The predicted octanol–water partition coefficient (Wildman–Crippen LogP) is 2.44. The monoisotopic (exact) mass is 353 g/mol. The van der Waals surface area contributed by atoms with E-state index in [1.807, 2.05) is 31.2 Å². The number of rotatable bonds is 5. The average Bonchev–Trinajstić information content (AvgIpc) is 3.13. The van der Waals surface area contributed by atoms with E-state index in [2.05, 4.69) is 10.3 Å². The van der Waals surface area contributed by atoms with Crippen LogP contribution in [-0.2, 0) is 14.8 Å². The molecule has 1 N–H and O–H groups in total. The van der Waals surface area contributed by atoms with Gasteiger partial charge in [-0.2, -0.15) is 4.31 Å². The molecular formula is C15H19N3O3S2. The minimum atomic E-state index is -3.37. The number of sulfonamides is 1. The van der Waals surface area contributed by atoms with Gasteiger partial charge in [0.2, 0.25) is 15.9 Å². The van der Waals surface area contributed by atoms with Gasteiger partial charge in [0.05, 0.1) is 16.0 Å². The summed E-state index contributed by atoms with van der Waals surface area (Å²) in [5.74, 6) is -0.209. The van der Waals surface area contributed by atoms with Crippen LogP contribution >= 0.6 is 11.3 Å². The molecule has 3 rings (SSSR count). The molecule has 2 aromatic rings. The topological polar surface area (TPSA) is 79.4 Å². The molecule has 0 radical (unpaired) electrons. The quantitative estimate of drug-likeness (QED) is 0.895. The molecule has 1 saturated heterocycles. The third-order valence-electron chi connectivity index (χ3n) is 3.85. The summed E-state index contributed by atoms with van der Waals surface area (Å²) in [4.78, 5) is 16.9. The van der Waals surface area contributed by atoms with Crippen LogP contribution in [0.15, 0.2) is 24.3 Å². The Kier molecular flexibility index (Phi) is 4.65. The number of nitrogens with zero attached hydrogens (tertiary/aromatic N) is 2. The summed E-state index contributed by atoms with van der Waals surface area (Å²) in [5.41, 5.74) is 0.828. The summed E-state index contributed by atoms with van der Waals surface area (Å²) < 4.78 is 26.9. The van der Waals surface area contributed by atoms with E-state index in [4.69, 9.17) is 0 Å². The lowest BCUT2D eigenvalue weighted by molar-refractivity contribution is -0.119. The highest BCUT2D eigenvalue weighted by atomic mass is 32.2. The van der Waals surface area contributed by atoms with E-state index in [9.17, 15) is 13.2 Å². The molecule has 1 aromatic carbocycles. The van der Waals surface area contributed by atoms with Crippen molar-refractivity contribution < 1.29 is 13.2 Å². The smallest absolute Gasteiger partial charge is 0.244 e. The lowest BCUT2D eigenvalue weighted by Crippen LogP contribution is -2.43. The molecule has 0 saturated carbocycles. The summed E-state index contributed by atoms with van der Waals surface area (Å²) in [5, 5.41) is 3.29. The van der Waals surface area contributed by atoms with Crippen LogP contribution in [0.4, 0.5) is 5.13 Å². The van der Waals surface area contributed by atoms with E-state index in [1.165, 1.54) is 15.6 Å². The van der Waals surface area contributed by atoms with Gasteiger partial charge in [0, 0.05) is 6.54 Å². The van der Waals surface area contributed by atoms with Crippen LogP contribution in [0.5, 0.6) is 0 Å². The van der Waals surface area contributed by atoms with Gasteiger partial charge < -0.3 is 5.32 Å². The number of carbonyl (C=O) groups is 1. The van der Waals surface area contributed by atoms with Gasteiger partial charge in [0.1, 0.15) is 6.04 Å². The first kappa shape index (κ1) is 16.4. The second-order valence-corrected chi connectivity index (χ2v) is 8.63. The number of carbonyl (C=O) groups excluding carboxylic acids is 1. The molecule has 0 spiro atoms. The fraction of sp³-hybridized carbons (Fsp3) is 0.467. The lowest BCUT2D eigenvalue weighted by atomic mass is 10.2. The molecular weight excluding hydrogens is 334 g/mol. The van der Waals surface area contributed by atoms with Crippen LogP contribution in [0.25, 0.3) is 10.2 Å². The summed E-state index contributed by atoms with van der Waals surface area (Å²) in [7, 11) is -3.37. The largest absolute Gasteiger partial charge is 0.301 e. The van der Waals surface area contributed by atoms with Crippen molar-refractivity contribution in [3.8, 4) is 0 Å². The van der Waals surface area contributed by atoms with Gasteiger partial charge in [-0.3, -0.25) is 4.79 Å². The second-order valence-electron chi connectivity index (χ2n) is 5.56.